The lowest BCUT2D eigenvalue weighted by Crippen LogP contribution is -2.30. The van der Waals surface area contributed by atoms with Crippen LogP contribution < -0.4 is 10.1 Å². The molecule has 1 N–H and O–H groups in total. The third kappa shape index (κ3) is 4.34. The van der Waals surface area contributed by atoms with E-state index in [2.05, 4.69) is 5.32 Å². The maximum absolute atomic E-state index is 13.0. The smallest absolute Gasteiger partial charge is 0.265 e. The summed E-state index contributed by atoms with van der Waals surface area (Å²) in [5.74, 6) is -0.489. The van der Waals surface area contributed by atoms with Gasteiger partial charge in [-0.3, -0.25) is 4.79 Å². The Morgan fingerprint density at radius 1 is 1.24 bits per heavy atom. The summed E-state index contributed by atoms with van der Waals surface area (Å²) >= 11 is 11.8. The van der Waals surface area contributed by atoms with Crippen LogP contribution in [0.1, 0.15) is 6.92 Å². The highest BCUT2D eigenvalue weighted by Gasteiger charge is 2.16. The van der Waals surface area contributed by atoms with Crippen molar-refractivity contribution in [2.24, 2.45) is 0 Å². The number of carbonyl (C=O) groups is 1. The number of carbonyl (C=O) groups excluding carboxylic acids is 1. The SMILES string of the molecule is C[C@@H](Oc1ccc(Cl)cc1Cl)C(=O)Nc1cccc(F)c1. The Morgan fingerprint density at radius 3 is 2.67 bits per heavy atom. The Balaban J connectivity index is 2.02. The maximum Gasteiger partial charge on any atom is 0.265 e. The third-order valence-electron chi connectivity index (χ3n) is 2.66. The van der Waals surface area contributed by atoms with E-state index >= 15 is 0 Å². The van der Waals surface area contributed by atoms with Gasteiger partial charge in [0.25, 0.3) is 5.91 Å². The van der Waals surface area contributed by atoms with Gasteiger partial charge in [-0.2, -0.15) is 0 Å². The van der Waals surface area contributed by atoms with Crippen molar-refractivity contribution in [1.82, 2.24) is 0 Å². The topological polar surface area (TPSA) is 38.3 Å². The Hall–Kier alpha value is -1.78. The predicted molar refractivity (Wildman–Crippen MR) is 81.6 cm³/mol. The molecule has 0 spiro atoms. The third-order valence-corrected chi connectivity index (χ3v) is 3.19. The first-order valence-electron chi connectivity index (χ1n) is 6.14. The summed E-state index contributed by atoms with van der Waals surface area (Å²) < 4.78 is 18.5. The van der Waals surface area contributed by atoms with Gasteiger partial charge in [0.2, 0.25) is 0 Å². The molecule has 0 saturated heterocycles. The maximum atomic E-state index is 13.0. The summed E-state index contributed by atoms with van der Waals surface area (Å²) in [6.07, 6.45) is -0.799. The fraction of sp³-hybridized carbons (Fsp3) is 0.133. The zero-order valence-corrected chi connectivity index (χ0v) is 12.6. The van der Waals surface area contributed by atoms with Gasteiger partial charge in [0, 0.05) is 10.7 Å². The fourth-order valence-electron chi connectivity index (χ4n) is 1.62. The molecule has 0 aliphatic rings. The van der Waals surface area contributed by atoms with E-state index in [1.54, 1.807) is 25.1 Å². The lowest BCUT2D eigenvalue weighted by Gasteiger charge is -2.15. The molecule has 2 rings (SSSR count). The van der Waals surface area contributed by atoms with Crippen molar-refractivity contribution in [1.29, 1.82) is 0 Å². The molecule has 1 amide bonds. The zero-order valence-electron chi connectivity index (χ0n) is 11.1. The minimum atomic E-state index is -0.799. The van der Waals surface area contributed by atoms with Gasteiger partial charge in [-0.05, 0) is 43.3 Å². The van der Waals surface area contributed by atoms with Crippen molar-refractivity contribution in [3.63, 3.8) is 0 Å². The van der Waals surface area contributed by atoms with Crippen LogP contribution in [0, 0.1) is 5.82 Å². The molecular formula is C15H12Cl2FNO2. The first-order chi connectivity index (χ1) is 9.95. The van der Waals surface area contributed by atoms with Gasteiger partial charge >= 0.3 is 0 Å². The monoisotopic (exact) mass is 327 g/mol. The number of amides is 1. The van der Waals surface area contributed by atoms with Crippen molar-refractivity contribution in [2.45, 2.75) is 13.0 Å². The van der Waals surface area contributed by atoms with Gasteiger partial charge in [-0.1, -0.05) is 29.3 Å². The van der Waals surface area contributed by atoms with E-state index in [1.807, 2.05) is 0 Å². The van der Waals surface area contributed by atoms with Crippen molar-refractivity contribution in [3.05, 3.63) is 58.3 Å². The molecule has 0 bridgehead atoms. The van der Waals surface area contributed by atoms with E-state index in [9.17, 15) is 9.18 Å². The fourth-order valence-corrected chi connectivity index (χ4v) is 2.08. The van der Waals surface area contributed by atoms with E-state index in [4.69, 9.17) is 27.9 Å². The van der Waals surface area contributed by atoms with Crippen molar-refractivity contribution in [2.75, 3.05) is 5.32 Å². The predicted octanol–water partition coefficient (Wildman–Crippen LogP) is 4.54. The van der Waals surface area contributed by atoms with Crippen LogP contribution in [0.2, 0.25) is 10.0 Å². The van der Waals surface area contributed by atoms with Crippen molar-refractivity contribution < 1.29 is 13.9 Å². The van der Waals surface area contributed by atoms with Crippen LogP contribution in [0.15, 0.2) is 42.5 Å². The van der Waals surface area contributed by atoms with Crippen LogP contribution in [0.5, 0.6) is 5.75 Å². The number of ether oxygens (including phenoxy) is 1. The highest BCUT2D eigenvalue weighted by molar-refractivity contribution is 6.35. The summed E-state index contributed by atoms with van der Waals surface area (Å²) in [6, 6.07) is 10.3. The van der Waals surface area contributed by atoms with Crippen LogP contribution in [0.3, 0.4) is 0 Å². The molecule has 3 nitrogen and oxygen atoms in total. The first-order valence-corrected chi connectivity index (χ1v) is 6.89. The van der Waals surface area contributed by atoms with Gasteiger partial charge in [0.05, 0.1) is 5.02 Å². The van der Waals surface area contributed by atoms with Gasteiger partial charge in [-0.15, -0.1) is 0 Å². The Kier molecular flexibility index (Phi) is 5.04. The zero-order chi connectivity index (χ0) is 15.4. The minimum Gasteiger partial charge on any atom is -0.479 e. The number of nitrogens with one attached hydrogen (secondary N) is 1. The van der Waals surface area contributed by atoms with E-state index in [0.717, 1.165) is 0 Å². The van der Waals surface area contributed by atoms with Gasteiger partial charge in [0.1, 0.15) is 11.6 Å². The molecule has 0 aliphatic carbocycles. The van der Waals surface area contributed by atoms with Crippen LogP contribution in [-0.4, -0.2) is 12.0 Å². The van der Waals surface area contributed by atoms with Crippen LogP contribution in [0.4, 0.5) is 10.1 Å². The van der Waals surface area contributed by atoms with E-state index < -0.39 is 17.8 Å². The summed E-state index contributed by atoms with van der Waals surface area (Å²) in [7, 11) is 0. The van der Waals surface area contributed by atoms with Crippen molar-refractivity contribution in [3.8, 4) is 5.75 Å². The summed E-state index contributed by atoms with van der Waals surface area (Å²) in [5.41, 5.74) is 0.359. The molecule has 0 saturated carbocycles. The highest BCUT2D eigenvalue weighted by Crippen LogP contribution is 2.28. The number of halogens is 3. The second-order valence-corrected chi connectivity index (χ2v) is 5.18. The van der Waals surface area contributed by atoms with Gasteiger partial charge < -0.3 is 10.1 Å². The van der Waals surface area contributed by atoms with Gasteiger partial charge in [0.15, 0.2) is 6.10 Å². The van der Waals surface area contributed by atoms with E-state index in [0.29, 0.717) is 21.5 Å². The molecule has 2 aromatic carbocycles. The molecule has 0 aromatic heterocycles. The molecule has 0 radical (unpaired) electrons. The van der Waals surface area contributed by atoms with Crippen molar-refractivity contribution >= 4 is 34.8 Å². The second kappa shape index (κ2) is 6.78. The molecule has 21 heavy (non-hydrogen) atoms. The van der Waals surface area contributed by atoms with Gasteiger partial charge in [-0.25, -0.2) is 4.39 Å². The number of hydrogen-bond donors (Lipinski definition) is 1. The molecule has 110 valence electrons. The largest absolute Gasteiger partial charge is 0.479 e. The Labute approximate surface area is 131 Å². The number of hydrogen-bond acceptors (Lipinski definition) is 2. The Bertz CT molecular complexity index is 664. The summed E-state index contributed by atoms with van der Waals surface area (Å²) in [5, 5.41) is 3.35. The standard InChI is InChI=1S/C15H12Cl2FNO2/c1-9(21-14-6-5-10(16)7-13(14)17)15(20)19-12-4-2-3-11(18)8-12/h2-9H,1H3,(H,19,20)/t9-/m1/s1. The second-order valence-electron chi connectivity index (χ2n) is 4.33. The minimum absolute atomic E-state index is 0.313. The normalized spacial score (nSPS) is 11.8. The number of benzene rings is 2. The number of rotatable bonds is 4. The summed E-state index contributed by atoms with van der Waals surface area (Å²) in [6.45, 7) is 1.57. The first kappa shape index (κ1) is 15.6. The van der Waals surface area contributed by atoms with Crippen LogP contribution >= 0.6 is 23.2 Å². The van der Waals surface area contributed by atoms with E-state index in [1.165, 1.54) is 24.3 Å². The molecule has 1 atom stereocenters. The van der Waals surface area contributed by atoms with Crippen LogP contribution in [0.25, 0.3) is 0 Å². The van der Waals surface area contributed by atoms with Crippen LogP contribution in [-0.2, 0) is 4.79 Å². The lowest BCUT2D eigenvalue weighted by atomic mass is 10.3. The average Bonchev–Trinajstić information content (AvgIpc) is 2.41. The lowest BCUT2D eigenvalue weighted by molar-refractivity contribution is -0.122. The summed E-state index contributed by atoms with van der Waals surface area (Å²) in [4.78, 5) is 12.0. The molecule has 0 aliphatic heterocycles. The molecule has 2 aromatic rings. The van der Waals surface area contributed by atoms with E-state index in [-0.39, 0.29) is 0 Å². The molecular weight excluding hydrogens is 316 g/mol. The molecule has 0 fully saturated rings. The molecule has 6 heteroatoms. The highest BCUT2D eigenvalue weighted by atomic mass is 35.5. The number of anilines is 1. The molecule has 0 heterocycles. The average molecular weight is 328 g/mol. The molecule has 0 unspecified atom stereocenters. The Morgan fingerprint density at radius 2 is 2.00 bits per heavy atom. The quantitative estimate of drug-likeness (QED) is 0.895.